The minimum atomic E-state index is 0.310. The van der Waals surface area contributed by atoms with E-state index in [2.05, 4.69) is 22.0 Å². The average Bonchev–Trinajstić information content (AvgIpc) is 2.48. The van der Waals surface area contributed by atoms with Crippen molar-refractivity contribution in [3.8, 4) is 0 Å². The third-order valence-electron chi connectivity index (χ3n) is 4.45. The lowest BCUT2D eigenvalue weighted by Gasteiger charge is -2.37. The molecule has 5 heteroatoms. The number of piperidine rings is 1. The Bertz CT molecular complexity index is 289. The van der Waals surface area contributed by atoms with Crippen LogP contribution in [-0.4, -0.2) is 86.1 Å². The summed E-state index contributed by atoms with van der Waals surface area (Å²) in [5.41, 5.74) is 0. The van der Waals surface area contributed by atoms with E-state index in [-0.39, 0.29) is 0 Å². The van der Waals surface area contributed by atoms with E-state index in [0.29, 0.717) is 18.5 Å². The van der Waals surface area contributed by atoms with Crippen molar-refractivity contribution >= 4 is 5.91 Å². The summed E-state index contributed by atoms with van der Waals surface area (Å²) in [5, 5.41) is 3.29. The van der Waals surface area contributed by atoms with Crippen LogP contribution in [0.4, 0.5) is 0 Å². The molecule has 0 aromatic heterocycles. The van der Waals surface area contributed by atoms with E-state index in [1.54, 1.807) is 0 Å². The summed E-state index contributed by atoms with van der Waals surface area (Å²) in [6.45, 7) is 10.0. The van der Waals surface area contributed by atoms with Gasteiger partial charge in [-0.25, -0.2) is 0 Å². The van der Waals surface area contributed by atoms with E-state index in [9.17, 15) is 4.79 Å². The maximum atomic E-state index is 12.3. The zero-order chi connectivity index (χ0) is 13.7. The molecule has 2 fully saturated rings. The first-order chi connectivity index (χ1) is 9.22. The van der Waals surface area contributed by atoms with Gasteiger partial charge in [-0.2, -0.15) is 0 Å². The fourth-order valence-electron chi connectivity index (χ4n) is 2.99. The lowest BCUT2D eigenvalue weighted by Crippen LogP contribution is -2.53. The second-order valence-electron chi connectivity index (χ2n) is 5.68. The van der Waals surface area contributed by atoms with E-state index < -0.39 is 0 Å². The molecule has 1 amide bonds. The normalized spacial score (nSPS) is 26.6. The van der Waals surface area contributed by atoms with Gasteiger partial charge in [-0.05, 0) is 26.4 Å². The van der Waals surface area contributed by atoms with Crippen LogP contribution in [0.25, 0.3) is 0 Å². The first-order valence-corrected chi connectivity index (χ1v) is 7.62. The summed E-state index contributed by atoms with van der Waals surface area (Å²) in [7, 11) is 1.99. The summed E-state index contributed by atoms with van der Waals surface area (Å²) in [5.74, 6) is 0.310. The second kappa shape index (κ2) is 7.22. The zero-order valence-corrected chi connectivity index (χ0v) is 12.4. The van der Waals surface area contributed by atoms with Gasteiger partial charge in [0.25, 0.3) is 0 Å². The first kappa shape index (κ1) is 14.8. The molecule has 0 bridgehead atoms. The number of nitrogens with zero attached hydrogens (tertiary/aromatic N) is 3. The molecular formula is C14H28N4O. The Morgan fingerprint density at radius 2 is 1.84 bits per heavy atom. The topological polar surface area (TPSA) is 38.8 Å². The molecule has 2 heterocycles. The summed E-state index contributed by atoms with van der Waals surface area (Å²) >= 11 is 0. The Balaban J connectivity index is 1.75. The molecule has 0 aliphatic carbocycles. The van der Waals surface area contributed by atoms with Gasteiger partial charge in [0, 0.05) is 45.3 Å². The van der Waals surface area contributed by atoms with Crippen LogP contribution in [0.5, 0.6) is 0 Å². The molecular weight excluding hydrogens is 240 g/mol. The molecule has 2 saturated heterocycles. The molecule has 19 heavy (non-hydrogen) atoms. The Morgan fingerprint density at radius 1 is 1.16 bits per heavy atom. The van der Waals surface area contributed by atoms with Gasteiger partial charge in [-0.3, -0.25) is 9.69 Å². The highest BCUT2D eigenvalue weighted by Gasteiger charge is 2.25. The Labute approximate surface area is 116 Å². The van der Waals surface area contributed by atoms with Crippen molar-refractivity contribution in [2.75, 3.05) is 59.4 Å². The standard InChI is InChI=1S/C14H28N4O/c1-3-16-7-9-17(10-8-16)12-14(19)18-6-4-5-13(11-18)15-2/h13,15H,3-12H2,1-2H3. The number of carbonyl (C=O) groups excluding carboxylic acids is 1. The van der Waals surface area contributed by atoms with Crippen molar-refractivity contribution in [2.45, 2.75) is 25.8 Å². The molecule has 2 aliphatic rings. The first-order valence-electron chi connectivity index (χ1n) is 7.62. The van der Waals surface area contributed by atoms with E-state index in [4.69, 9.17) is 0 Å². The number of carbonyl (C=O) groups is 1. The molecule has 0 spiro atoms. The second-order valence-corrected chi connectivity index (χ2v) is 5.68. The highest BCUT2D eigenvalue weighted by atomic mass is 16.2. The van der Waals surface area contributed by atoms with E-state index in [0.717, 1.165) is 52.2 Å². The van der Waals surface area contributed by atoms with Gasteiger partial charge in [0.2, 0.25) is 5.91 Å². The molecule has 0 radical (unpaired) electrons. The molecule has 5 nitrogen and oxygen atoms in total. The maximum Gasteiger partial charge on any atom is 0.236 e. The Morgan fingerprint density at radius 3 is 2.47 bits per heavy atom. The van der Waals surface area contributed by atoms with Gasteiger partial charge in [0.15, 0.2) is 0 Å². The molecule has 110 valence electrons. The summed E-state index contributed by atoms with van der Waals surface area (Å²) in [4.78, 5) is 19.1. The fraction of sp³-hybridized carbons (Fsp3) is 0.929. The van der Waals surface area contributed by atoms with Crippen molar-refractivity contribution in [3.05, 3.63) is 0 Å². The Kier molecular flexibility index (Phi) is 5.60. The largest absolute Gasteiger partial charge is 0.340 e. The lowest BCUT2D eigenvalue weighted by atomic mass is 10.1. The number of nitrogens with one attached hydrogen (secondary N) is 1. The highest BCUT2D eigenvalue weighted by molar-refractivity contribution is 5.78. The van der Waals surface area contributed by atoms with Crippen LogP contribution >= 0.6 is 0 Å². The molecule has 0 aromatic carbocycles. The minimum Gasteiger partial charge on any atom is -0.340 e. The molecule has 0 saturated carbocycles. The molecule has 1 N–H and O–H groups in total. The third-order valence-corrected chi connectivity index (χ3v) is 4.45. The van der Waals surface area contributed by atoms with Crippen LogP contribution in [0.1, 0.15) is 19.8 Å². The summed E-state index contributed by atoms with van der Waals surface area (Å²) in [6, 6.07) is 0.481. The zero-order valence-electron chi connectivity index (χ0n) is 12.4. The lowest BCUT2D eigenvalue weighted by molar-refractivity contribution is -0.134. The van der Waals surface area contributed by atoms with Gasteiger partial charge in [0.05, 0.1) is 6.54 Å². The maximum absolute atomic E-state index is 12.3. The predicted molar refractivity (Wildman–Crippen MR) is 77.2 cm³/mol. The number of piperazine rings is 1. The number of amides is 1. The number of hydrogen-bond acceptors (Lipinski definition) is 4. The fourth-order valence-corrected chi connectivity index (χ4v) is 2.99. The van der Waals surface area contributed by atoms with Gasteiger partial charge in [-0.1, -0.05) is 6.92 Å². The molecule has 1 atom stereocenters. The SMILES string of the molecule is CCN1CCN(CC(=O)N2CCCC(NC)C2)CC1. The van der Waals surface area contributed by atoms with Gasteiger partial charge >= 0.3 is 0 Å². The van der Waals surface area contributed by atoms with Crippen molar-refractivity contribution in [1.82, 2.24) is 20.0 Å². The van der Waals surface area contributed by atoms with Crippen molar-refractivity contribution in [3.63, 3.8) is 0 Å². The van der Waals surface area contributed by atoms with E-state index in [1.807, 2.05) is 11.9 Å². The predicted octanol–water partition coefficient (Wildman–Crippen LogP) is -0.166. The monoisotopic (exact) mass is 268 g/mol. The summed E-state index contributed by atoms with van der Waals surface area (Å²) in [6.07, 6.45) is 2.32. The van der Waals surface area contributed by atoms with Gasteiger partial charge in [-0.15, -0.1) is 0 Å². The van der Waals surface area contributed by atoms with Gasteiger partial charge in [0.1, 0.15) is 0 Å². The number of hydrogen-bond donors (Lipinski definition) is 1. The molecule has 2 aliphatic heterocycles. The highest BCUT2D eigenvalue weighted by Crippen LogP contribution is 2.11. The number of likely N-dealkylation sites (tertiary alicyclic amines) is 1. The van der Waals surface area contributed by atoms with Crippen LogP contribution in [0.15, 0.2) is 0 Å². The number of likely N-dealkylation sites (N-methyl/N-ethyl adjacent to an activating group) is 2. The number of rotatable bonds is 4. The molecule has 1 unspecified atom stereocenters. The average molecular weight is 268 g/mol. The Hall–Kier alpha value is -0.650. The van der Waals surface area contributed by atoms with Crippen molar-refractivity contribution < 1.29 is 4.79 Å². The third kappa shape index (κ3) is 4.16. The van der Waals surface area contributed by atoms with E-state index in [1.165, 1.54) is 6.42 Å². The van der Waals surface area contributed by atoms with Gasteiger partial charge < -0.3 is 15.1 Å². The van der Waals surface area contributed by atoms with Crippen LogP contribution in [0.3, 0.4) is 0 Å². The van der Waals surface area contributed by atoms with Crippen LogP contribution in [-0.2, 0) is 4.79 Å². The van der Waals surface area contributed by atoms with Crippen LogP contribution in [0.2, 0.25) is 0 Å². The van der Waals surface area contributed by atoms with E-state index >= 15 is 0 Å². The van der Waals surface area contributed by atoms with Crippen molar-refractivity contribution in [2.24, 2.45) is 0 Å². The molecule has 0 aromatic rings. The molecule has 2 rings (SSSR count). The smallest absolute Gasteiger partial charge is 0.236 e. The quantitative estimate of drug-likeness (QED) is 0.769. The van der Waals surface area contributed by atoms with Crippen molar-refractivity contribution in [1.29, 1.82) is 0 Å². The summed E-state index contributed by atoms with van der Waals surface area (Å²) < 4.78 is 0. The minimum absolute atomic E-state index is 0.310. The van der Waals surface area contributed by atoms with Crippen LogP contribution < -0.4 is 5.32 Å². The van der Waals surface area contributed by atoms with Crippen LogP contribution in [0, 0.1) is 0 Å².